The number of anilines is 2. The van der Waals surface area contributed by atoms with Gasteiger partial charge >= 0.3 is 0 Å². The highest BCUT2D eigenvalue weighted by atomic mass is 15.3. The molecule has 0 saturated heterocycles. The average Bonchev–Trinajstić information content (AvgIpc) is 2.51. The van der Waals surface area contributed by atoms with Crippen LogP contribution in [0.4, 0.5) is 11.8 Å². The minimum Gasteiger partial charge on any atom is -0.356 e. The van der Waals surface area contributed by atoms with Gasteiger partial charge in [0.1, 0.15) is 5.82 Å². The molecule has 5 nitrogen and oxygen atoms in total. The van der Waals surface area contributed by atoms with E-state index in [0.29, 0.717) is 11.9 Å². The maximum absolute atomic E-state index is 5.49. The first kappa shape index (κ1) is 14.5. The Kier molecular flexibility index (Phi) is 4.74. The van der Waals surface area contributed by atoms with Gasteiger partial charge in [0, 0.05) is 18.5 Å². The molecule has 2 rings (SSSR count). The molecule has 0 fully saturated rings. The molecule has 1 aromatic heterocycles. The molecule has 0 spiro atoms. The number of hydrogen-bond acceptors (Lipinski definition) is 5. The van der Waals surface area contributed by atoms with Gasteiger partial charge in [-0.1, -0.05) is 32.4 Å². The quantitative estimate of drug-likeness (QED) is 0.626. The van der Waals surface area contributed by atoms with E-state index in [-0.39, 0.29) is 0 Å². The summed E-state index contributed by atoms with van der Waals surface area (Å²) >= 11 is 0. The monoisotopic (exact) mass is 273 g/mol. The zero-order valence-corrected chi connectivity index (χ0v) is 12.4. The van der Waals surface area contributed by atoms with Gasteiger partial charge in [-0.3, -0.25) is 5.43 Å². The van der Waals surface area contributed by atoms with Crippen molar-refractivity contribution in [3.63, 3.8) is 0 Å². The Bertz CT molecular complexity index is 569. The summed E-state index contributed by atoms with van der Waals surface area (Å²) in [5, 5.41) is 1.07. The number of para-hydroxylation sites is 1. The van der Waals surface area contributed by atoms with E-state index in [2.05, 4.69) is 47.1 Å². The maximum Gasteiger partial charge on any atom is 0.239 e. The maximum atomic E-state index is 5.49. The predicted octanol–water partition coefficient (Wildman–Crippen LogP) is 2.79. The first-order valence-corrected chi connectivity index (χ1v) is 7.17. The molecule has 0 aliphatic rings. The average molecular weight is 273 g/mol. The van der Waals surface area contributed by atoms with Crippen LogP contribution in [0.3, 0.4) is 0 Å². The smallest absolute Gasteiger partial charge is 0.239 e. The number of nitrogens with two attached hydrogens (primary N) is 1. The van der Waals surface area contributed by atoms with Crippen molar-refractivity contribution in [1.29, 1.82) is 0 Å². The van der Waals surface area contributed by atoms with E-state index in [0.717, 1.165) is 36.2 Å². The van der Waals surface area contributed by atoms with Crippen LogP contribution in [0.1, 0.15) is 27.2 Å². The summed E-state index contributed by atoms with van der Waals surface area (Å²) in [5.74, 6) is 7.52. The molecule has 0 bridgehead atoms. The molecule has 108 valence electrons. The van der Waals surface area contributed by atoms with Crippen molar-refractivity contribution < 1.29 is 0 Å². The predicted molar refractivity (Wildman–Crippen MR) is 84.7 cm³/mol. The van der Waals surface area contributed by atoms with E-state index in [1.807, 2.05) is 18.2 Å². The van der Waals surface area contributed by atoms with E-state index >= 15 is 0 Å². The molecule has 20 heavy (non-hydrogen) atoms. The van der Waals surface area contributed by atoms with Gasteiger partial charge in [0.2, 0.25) is 5.95 Å². The molecule has 0 saturated carbocycles. The highest BCUT2D eigenvalue weighted by Crippen LogP contribution is 2.25. The molecule has 3 N–H and O–H groups in total. The third-order valence-corrected chi connectivity index (χ3v) is 3.62. The van der Waals surface area contributed by atoms with Gasteiger partial charge in [-0.05, 0) is 25.0 Å². The number of rotatable bonds is 6. The van der Waals surface area contributed by atoms with Crippen molar-refractivity contribution >= 4 is 22.7 Å². The molecule has 1 heterocycles. The fraction of sp³-hybridized carbons (Fsp3) is 0.467. The van der Waals surface area contributed by atoms with Gasteiger partial charge in [-0.2, -0.15) is 4.98 Å². The molecular formula is C15H23N5. The van der Waals surface area contributed by atoms with Crippen LogP contribution in [0.2, 0.25) is 0 Å². The van der Waals surface area contributed by atoms with Gasteiger partial charge in [0.15, 0.2) is 0 Å². The molecule has 2 aromatic rings. The molecule has 1 aromatic carbocycles. The second kappa shape index (κ2) is 6.52. The topological polar surface area (TPSA) is 67.1 Å². The molecule has 0 aliphatic carbocycles. The third kappa shape index (κ3) is 2.99. The first-order valence-electron chi connectivity index (χ1n) is 7.17. The summed E-state index contributed by atoms with van der Waals surface area (Å²) in [5.41, 5.74) is 3.47. The van der Waals surface area contributed by atoms with Crippen molar-refractivity contribution in [3.05, 3.63) is 24.3 Å². The number of fused-ring (bicyclic) bond motifs is 1. The number of nitrogens with zero attached hydrogens (tertiary/aromatic N) is 3. The van der Waals surface area contributed by atoms with E-state index in [9.17, 15) is 0 Å². The number of hydrogen-bond donors (Lipinski definition) is 2. The van der Waals surface area contributed by atoms with Crippen LogP contribution in [0.15, 0.2) is 24.3 Å². The summed E-state index contributed by atoms with van der Waals surface area (Å²) in [6.07, 6.45) is 1.15. The van der Waals surface area contributed by atoms with E-state index in [1.54, 1.807) is 0 Å². The lowest BCUT2D eigenvalue weighted by atomic mass is 10.1. The minimum atomic E-state index is 0.460. The Morgan fingerprint density at radius 2 is 2.00 bits per heavy atom. The fourth-order valence-corrected chi connectivity index (χ4v) is 2.24. The lowest BCUT2D eigenvalue weighted by molar-refractivity contribution is 0.546. The Morgan fingerprint density at radius 3 is 2.65 bits per heavy atom. The van der Waals surface area contributed by atoms with Crippen molar-refractivity contribution in [3.8, 4) is 0 Å². The standard InChI is InChI=1S/C15H23N5/c1-4-11(3)10-20(5-2)14-12-8-6-7-9-13(12)17-15(18-14)19-16/h6-9,11H,4-5,10,16H2,1-3H3,(H,17,18,19). The van der Waals surface area contributed by atoms with Crippen LogP contribution in [0.25, 0.3) is 10.9 Å². The van der Waals surface area contributed by atoms with Crippen LogP contribution in [0.5, 0.6) is 0 Å². The molecule has 0 aliphatic heterocycles. The van der Waals surface area contributed by atoms with Crippen LogP contribution >= 0.6 is 0 Å². The second-order valence-corrected chi connectivity index (χ2v) is 5.08. The molecule has 0 radical (unpaired) electrons. The van der Waals surface area contributed by atoms with Gasteiger partial charge in [0.05, 0.1) is 5.52 Å². The van der Waals surface area contributed by atoms with Crippen LogP contribution < -0.4 is 16.2 Å². The number of benzene rings is 1. The van der Waals surface area contributed by atoms with Gasteiger partial charge in [0.25, 0.3) is 0 Å². The van der Waals surface area contributed by atoms with Crippen LogP contribution in [-0.2, 0) is 0 Å². The number of nitrogens with one attached hydrogen (secondary N) is 1. The lowest BCUT2D eigenvalue weighted by Crippen LogP contribution is -2.29. The molecule has 1 atom stereocenters. The van der Waals surface area contributed by atoms with Gasteiger partial charge < -0.3 is 4.90 Å². The third-order valence-electron chi connectivity index (χ3n) is 3.62. The second-order valence-electron chi connectivity index (χ2n) is 5.08. The fourth-order valence-electron chi connectivity index (χ4n) is 2.24. The van der Waals surface area contributed by atoms with Crippen molar-refractivity contribution in [2.24, 2.45) is 11.8 Å². The number of hydrazine groups is 1. The largest absolute Gasteiger partial charge is 0.356 e. The van der Waals surface area contributed by atoms with E-state index in [1.165, 1.54) is 0 Å². The normalized spacial score (nSPS) is 12.4. The Balaban J connectivity index is 2.49. The first-order chi connectivity index (χ1) is 9.69. The molecule has 0 amide bonds. The number of nitrogen functional groups attached to an aromatic ring is 1. The van der Waals surface area contributed by atoms with Crippen LogP contribution in [0, 0.1) is 5.92 Å². The highest BCUT2D eigenvalue weighted by Gasteiger charge is 2.14. The van der Waals surface area contributed by atoms with Gasteiger partial charge in [-0.15, -0.1) is 0 Å². The summed E-state index contributed by atoms with van der Waals surface area (Å²) in [4.78, 5) is 11.2. The molecule has 5 heteroatoms. The summed E-state index contributed by atoms with van der Waals surface area (Å²) in [7, 11) is 0. The molecular weight excluding hydrogens is 250 g/mol. The summed E-state index contributed by atoms with van der Waals surface area (Å²) in [6.45, 7) is 8.51. The van der Waals surface area contributed by atoms with Crippen molar-refractivity contribution in [1.82, 2.24) is 9.97 Å². The zero-order valence-electron chi connectivity index (χ0n) is 12.4. The van der Waals surface area contributed by atoms with Crippen LogP contribution in [-0.4, -0.2) is 23.1 Å². The van der Waals surface area contributed by atoms with Gasteiger partial charge in [-0.25, -0.2) is 10.8 Å². The Morgan fingerprint density at radius 1 is 1.25 bits per heavy atom. The van der Waals surface area contributed by atoms with Crippen molar-refractivity contribution in [2.45, 2.75) is 27.2 Å². The zero-order chi connectivity index (χ0) is 14.5. The Labute approximate surface area is 120 Å². The van der Waals surface area contributed by atoms with E-state index < -0.39 is 0 Å². The highest BCUT2D eigenvalue weighted by molar-refractivity contribution is 5.90. The summed E-state index contributed by atoms with van der Waals surface area (Å²) < 4.78 is 0. The molecule has 1 unspecified atom stereocenters. The van der Waals surface area contributed by atoms with E-state index in [4.69, 9.17) is 5.84 Å². The SMILES string of the molecule is CCC(C)CN(CC)c1nc(NN)nc2ccccc12. The van der Waals surface area contributed by atoms with Crippen molar-refractivity contribution in [2.75, 3.05) is 23.4 Å². The minimum absolute atomic E-state index is 0.460. The number of aromatic nitrogens is 2. The summed E-state index contributed by atoms with van der Waals surface area (Å²) in [6, 6.07) is 8.04. The lowest BCUT2D eigenvalue weighted by Gasteiger charge is -2.26. The Hall–Kier alpha value is -1.88.